The van der Waals surface area contributed by atoms with Gasteiger partial charge in [-0.25, -0.2) is 0 Å². The van der Waals surface area contributed by atoms with Gasteiger partial charge in [-0.1, -0.05) is 36.4 Å². The van der Waals surface area contributed by atoms with E-state index in [-0.39, 0.29) is 23.8 Å². The van der Waals surface area contributed by atoms with Crippen LogP contribution in [0.2, 0.25) is 0 Å². The predicted molar refractivity (Wildman–Crippen MR) is 124 cm³/mol. The molecule has 2 atom stereocenters. The van der Waals surface area contributed by atoms with Crippen LogP contribution >= 0.6 is 0 Å². The first-order valence-corrected chi connectivity index (χ1v) is 10.7. The van der Waals surface area contributed by atoms with Crippen molar-refractivity contribution in [1.29, 1.82) is 0 Å². The minimum absolute atomic E-state index is 0.00371. The second-order valence-electron chi connectivity index (χ2n) is 8.53. The fraction of sp³-hybridized carbons (Fsp3) is 0.259. The smallest absolute Gasteiger partial charge is 0.251 e. The van der Waals surface area contributed by atoms with Crippen molar-refractivity contribution in [3.05, 3.63) is 105 Å². The average Bonchev–Trinajstić information content (AvgIpc) is 2.77. The molecule has 3 aromatic rings. The zero-order valence-electron chi connectivity index (χ0n) is 18.5. The molecule has 0 aromatic heterocycles. The fourth-order valence-electron chi connectivity index (χ4n) is 4.09. The van der Waals surface area contributed by atoms with Gasteiger partial charge < -0.3 is 10.6 Å². The van der Waals surface area contributed by atoms with E-state index in [9.17, 15) is 9.59 Å². The number of amides is 2. The van der Waals surface area contributed by atoms with Crippen molar-refractivity contribution >= 4 is 11.8 Å². The van der Waals surface area contributed by atoms with Crippen LogP contribution in [0.4, 0.5) is 0 Å². The summed E-state index contributed by atoms with van der Waals surface area (Å²) in [6, 6.07) is 19.6. The molecule has 2 aliphatic carbocycles. The summed E-state index contributed by atoms with van der Waals surface area (Å²) in [4.78, 5) is 25.7. The monoisotopic (exact) mass is 412 g/mol. The lowest BCUT2D eigenvalue weighted by Crippen LogP contribution is -2.39. The number of benzene rings is 3. The van der Waals surface area contributed by atoms with Crippen LogP contribution in [0.1, 0.15) is 66.1 Å². The van der Waals surface area contributed by atoms with Gasteiger partial charge in [-0.2, -0.15) is 0 Å². The van der Waals surface area contributed by atoms with Gasteiger partial charge in [0, 0.05) is 23.6 Å². The molecule has 0 saturated carbocycles. The molecule has 4 heteroatoms. The number of fused-ring (bicyclic) bond motifs is 3. The van der Waals surface area contributed by atoms with E-state index in [0.717, 1.165) is 33.4 Å². The molecule has 2 aliphatic rings. The highest BCUT2D eigenvalue weighted by atomic mass is 16.2. The molecule has 3 aromatic carbocycles. The van der Waals surface area contributed by atoms with Crippen molar-refractivity contribution in [1.82, 2.24) is 10.6 Å². The van der Waals surface area contributed by atoms with Crippen molar-refractivity contribution in [3.8, 4) is 0 Å². The maximum Gasteiger partial charge on any atom is 0.251 e. The van der Waals surface area contributed by atoms with E-state index in [2.05, 4.69) is 22.8 Å². The van der Waals surface area contributed by atoms with Gasteiger partial charge >= 0.3 is 0 Å². The zero-order valence-corrected chi connectivity index (χ0v) is 18.5. The number of rotatable bonds is 5. The molecule has 158 valence electrons. The second-order valence-corrected chi connectivity index (χ2v) is 8.53. The summed E-state index contributed by atoms with van der Waals surface area (Å²) in [6.45, 7) is 8.54. The zero-order chi connectivity index (χ0) is 22.1. The lowest BCUT2D eigenvalue weighted by Gasteiger charge is -2.33. The van der Waals surface area contributed by atoms with E-state index in [1.54, 1.807) is 0 Å². The molecule has 5 rings (SSSR count). The summed E-state index contributed by atoms with van der Waals surface area (Å²) in [5.74, 6) is -0.195. The van der Waals surface area contributed by atoms with Crippen LogP contribution in [0.15, 0.2) is 60.7 Å². The summed E-state index contributed by atoms with van der Waals surface area (Å²) in [5, 5.41) is 6.26. The molecule has 0 aliphatic heterocycles. The molecule has 0 radical (unpaired) electrons. The van der Waals surface area contributed by atoms with Gasteiger partial charge in [0.1, 0.15) is 0 Å². The van der Waals surface area contributed by atoms with Gasteiger partial charge in [0.2, 0.25) is 0 Å². The SMILES string of the molecule is Cc1ccc(C(=O)NCC2c3ccc(cc3)C2NC(=O)c2ccc(C)c(C)c2)cc1C. The molecule has 0 spiro atoms. The van der Waals surface area contributed by atoms with Crippen molar-refractivity contribution < 1.29 is 9.59 Å². The Kier molecular flexibility index (Phi) is 5.64. The number of carbonyl (C=O) groups excluding carboxylic acids is 2. The van der Waals surface area contributed by atoms with E-state index in [1.807, 2.05) is 76.2 Å². The van der Waals surface area contributed by atoms with E-state index in [1.165, 1.54) is 0 Å². The Morgan fingerprint density at radius 2 is 1.19 bits per heavy atom. The molecular formula is C27H28N2O2. The molecule has 2 N–H and O–H groups in total. The highest BCUT2D eigenvalue weighted by molar-refractivity contribution is 5.95. The molecule has 4 nitrogen and oxygen atoms in total. The Bertz CT molecular complexity index is 1150. The normalized spacial score (nSPS) is 16.8. The van der Waals surface area contributed by atoms with Crippen LogP contribution in [0, 0.1) is 27.7 Å². The summed E-state index contributed by atoms with van der Waals surface area (Å²) in [7, 11) is 0. The lowest BCUT2D eigenvalue weighted by atomic mass is 9.80. The Balaban J connectivity index is 1.49. The molecule has 0 saturated heterocycles. The van der Waals surface area contributed by atoms with Crippen LogP contribution in [0.25, 0.3) is 0 Å². The fourth-order valence-corrected chi connectivity index (χ4v) is 4.09. The standard InChI is InChI=1S/C27H28N2O2/c1-16-5-7-22(13-18(16)3)26(30)28-15-24-20-9-11-21(12-10-20)25(24)29-27(31)23-8-6-17(2)19(4)14-23/h5-14,24-25H,15H2,1-4H3,(H,28,30)(H,29,31). The quantitative estimate of drug-likeness (QED) is 0.625. The van der Waals surface area contributed by atoms with E-state index >= 15 is 0 Å². The lowest BCUT2D eigenvalue weighted by molar-refractivity contribution is 0.0925. The Morgan fingerprint density at radius 3 is 1.74 bits per heavy atom. The topological polar surface area (TPSA) is 58.2 Å². The molecule has 2 bridgehead atoms. The summed E-state index contributed by atoms with van der Waals surface area (Å²) in [6.07, 6.45) is 0. The van der Waals surface area contributed by atoms with Gasteiger partial charge in [0.05, 0.1) is 6.04 Å². The second kappa shape index (κ2) is 8.38. The third kappa shape index (κ3) is 4.24. The van der Waals surface area contributed by atoms with Crippen LogP contribution in [-0.2, 0) is 0 Å². The molecule has 2 unspecified atom stereocenters. The predicted octanol–water partition coefficient (Wildman–Crippen LogP) is 4.92. The largest absolute Gasteiger partial charge is 0.351 e. The number of aryl methyl sites for hydroxylation is 4. The van der Waals surface area contributed by atoms with Crippen LogP contribution in [0.3, 0.4) is 0 Å². The van der Waals surface area contributed by atoms with E-state index in [4.69, 9.17) is 0 Å². The Hall–Kier alpha value is -3.40. The molecule has 0 heterocycles. The molecule has 2 amide bonds. The Labute approximate surface area is 183 Å². The van der Waals surface area contributed by atoms with Gasteiger partial charge in [-0.05, 0) is 85.3 Å². The Morgan fingerprint density at radius 1 is 0.677 bits per heavy atom. The minimum atomic E-state index is -0.167. The first-order chi connectivity index (χ1) is 14.8. The summed E-state index contributed by atoms with van der Waals surface area (Å²) >= 11 is 0. The molecule has 0 fully saturated rings. The molecule has 31 heavy (non-hydrogen) atoms. The van der Waals surface area contributed by atoms with Crippen molar-refractivity contribution in [3.63, 3.8) is 0 Å². The maximum atomic E-state index is 13.0. The first kappa shape index (κ1) is 20.9. The summed E-state index contributed by atoms with van der Waals surface area (Å²) in [5.41, 5.74) is 7.99. The van der Waals surface area contributed by atoms with E-state index in [0.29, 0.717) is 17.7 Å². The number of hydrogen-bond donors (Lipinski definition) is 2. The van der Waals surface area contributed by atoms with E-state index < -0.39 is 0 Å². The number of nitrogens with one attached hydrogen (secondary N) is 2. The van der Waals surface area contributed by atoms with Crippen molar-refractivity contribution in [2.24, 2.45) is 0 Å². The maximum absolute atomic E-state index is 13.0. The van der Waals surface area contributed by atoms with Gasteiger partial charge in [-0.15, -0.1) is 0 Å². The minimum Gasteiger partial charge on any atom is -0.351 e. The third-order valence-electron chi connectivity index (χ3n) is 6.43. The van der Waals surface area contributed by atoms with Gasteiger partial charge in [0.25, 0.3) is 11.8 Å². The summed E-state index contributed by atoms with van der Waals surface area (Å²) < 4.78 is 0. The highest BCUT2D eigenvalue weighted by Crippen LogP contribution is 2.36. The van der Waals surface area contributed by atoms with Crippen molar-refractivity contribution in [2.75, 3.05) is 6.54 Å². The average molecular weight is 413 g/mol. The highest BCUT2D eigenvalue weighted by Gasteiger charge is 2.31. The van der Waals surface area contributed by atoms with Crippen LogP contribution in [-0.4, -0.2) is 18.4 Å². The first-order valence-electron chi connectivity index (χ1n) is 10.7. The number of carbonyl (C=O) groups is 2. The van der Waals surface area contributed by atoms with Gasteiger partial charge in [0.15, 0.2) is 0 Å². The molecular weight excluding hydrogens is 384 g/mol. The van der Waals surface area contributed by atoms with Crippen LogP contribution < -0.4 is 10.6 Å². The van der Waals surface area contributed by atoms with Crippen molar-refractivity contribution in [2.45, 2.75) is 39.7 Å². The number of hydrogen-bond acceptors (Lipinski definition) is 2. The third-order valence-corrected chi connectivity index (χ3v) is 6.43. The van der Waals surface area contributed by atoms with Gasteiger partial charge in [-0.3, -0.25) is 9.59 Å². The van der Waals surface area contributed by atoms with Crippen LogP contribution in [0.5, 0.6) is 0 Å².